The van der Waals surface area contributed by atoms with Gasteiger partial charge in [0.05, 0.1) is 11.6 Å². The molecule has 2 aliphatic rings. The Morgan fingerprint density at radius 1 is 1.33 bits per heavy atom. The van der Waals surface area contributed by atoms with Gasteiger partial charge in [-0.1, -0.05) is 19.8 Å². The van der Waals surface area contributed by atoms with Crippen LogP contribution in [0.1, 0.15) is 45.4 Å². The molecule has 1 amide bonds. The maximum Gasteiger partial charge on any atom is 0.242 e. The molecule has 0 aromatic carbocycles. The van der Waals surface area contributed by atoms with Gasteiger partial charge in [-0.25, -0.2) is 0 Å². The Hall–Kier alpha value is -0.610. The first-order valence-corrected chi connectivity index (χ1v) is 7.16. The Morgan fingerprint density at radius 3 is 2.56 bits per heavy atom. The Labute approximate surface area is 110 Å². The Bertz CT molecular complexity index is 300. The average Bonchev–Trinajstić information content (AvgIpc) is 2.38. The number of methoxy groups -OCH3 is 1. The smallest absolute Gasteiger partial charge is 0.242 e. The number of piperidine rings is 1. The van der Waals surface area contributed by atoms with Gasteiger partial charge in [-0.3, -0.25) is 4.79 Å². The summed E-state index contributed by atoms with van der Waals surface area (Å²) in [5.74, 6) is 0.743. The van der Waals surface area contributed by atoms with Gasteiger partial charge in [-0.05, 0) is 31.6 Å². The summed E-state index contributed by atoms with van der Waals surface area (Å²) in [6.07, 6.45) is 6.17. The molecule has 0 radical (unpaired) electrons. The van der Waals surface area contributed by atoms with Crippen LogP contribution in [0.5, 0.6) is 0 Å². The number of nitrogens with zero attached hydrogens (tertiary/aromatic N) is 1. The van der Waals surface area contributed by atoms with Crippen LogP contribution >= 0.6 is 0 Å². The van der Waals surface area contributed by atoms with Crippen molar-refractivity contribution in [3.05, 3.63) is 0 Å². The molecule has 1 aliphatic heterocycles. The van der Waals surface area contributed by atoms with Crippen molar-refractivity contribution in [2.45, 2.75) is 57.1 Å². The Kier molecular flexibility index (Phi) is 4.28. The Balaban J connectivity index is 1.94. The number of nitrogens with two attached hydrogens (primary N) is 1. The third-order valence-corrected chi connectivity index (χ3v) is 4.52. The largest absolute Gasteiger partial charge is 0.381 e. The fourth-order valence-electron chi connectivity index (χ4n) is 3.40. The molecule has 104 valence electrons. The molecule has 1 aliphatic carbocycles. The normalized spacial score (nSPS) is 34.6. The molecule has 2 N–H and O–H groups in total. The van der Waals surface area contributed by atoms with Crippen LogP contribution in [0.15, 0.2) is 0 Å². The van der Waals surface area contributed by atoms with E-state index < -0.39 is 5.54 Å². The van der Waals surface area contributed by atoms with Gasteiger partial charge in [0.2, 0.25) is 5.91 Å². The van der Waals surface area contributed by atoms with Crippen molar-refractivity contribution in [3.63, 3.8) is 0 Å². The Morgan fingerprint density at radius 2 is 2.00 bits per heavy atom. The van der Waals surface area contributed by atoms with E-state index in [2.05, 4.69) is 6.92 Å². The molecule has 2 fully saturated rings. The lowest BCUT2D eigenvalue weighted by Gasteiger charge is -2.41. The van der Waals surface area contributed by atoms with E-state index in [9.17, 15) is 4.79 Å². The molecule has 0 bridgehead atoms. The molecule has 0 aromatic heterocycles. The van der Waals surface area contributed by atoms with Crippen LogP contribution in [0.4, 0.5) is 0 Å². The molecule has 4 nitrogen and oxygen atoms in total. The van der Waals surface area contributed by atoms with E-state index in [4.69, 9.17) is 10.5 Å². The van der Waals surface area contributed by atoms with Crippen molar-refractivity contribution in [2.75, 3.05) is 20.2 Å². The highest BCUT2D eigenvalue weighted by atomic mass is 16.5. The highest BCUT2D eigenvalue weighted by molar-refractivity contribution is 5.86. The molecule has 2 unspecified atom stereocenters. The van der Waals surface area contributed by atoms with E-state index in [1.54, 1.807) is 7.11 Å². The summed E-state index contributed by atoms with van der Waals surface area (Å²) >= 11 is 0. The standard InChI is InChI=1S/C14H26N2O2/c1-11-4-3-7-14(15,10-11)13(17)16-8-5-12(18-2)6-9-16/h11-12H,3-10,15H2,1-2H3. The molecule has 2 rings (SSSR count). The SMILES string of the molecule is COC1CCN(C(=O)C2(N)CCCC(C)C2)CC1. The van der Waals surface area contributed by atoms with Crippen molar-refractivity contribution in [2.24, 2.45) is 11.7 Å². The summed E-state index contributed by atoms with van der Waals surface area (Å²) in [4.78, 5) is 14.5. The van der Waals surface area contributed by atoms with Crippen LogP contribution in [0.3, 0.4) is 0 Å². The number of amides is 1. The van der Waals surface area contributed by atoms with E-state index in [1.807, 2.05) is 4.90 Å². The minimum atomic E-state index is -0.600. The minimum absolute atomic E-state index is 0.170. The number of hydrogen-bond acceptors (Lipinski definition) is 3. The highest BCUT2D eigenvalue weighted by Crippen LogP contribution is 2.32. The average molecular weight is 254 g/mol. The second kappa shape index (κ2) is 5.57. The fourth-order valence-corrected chi connectivity index (χ4v) is 3.40. The first-order valence-electron chi connectivity index (χ1n) is 7.16. The molecule has 0 aromatic rings. The van der Waals surface area contributed by atoms with Crippen molar-refractivity contribution < 1.29 is 9.53 Å². The van der Waals surface area contributed by atoms with Gasteiger partial charge in [-0.15, -0.1) is 0 Å². The summed E-state index contributed by atoms with van der Waals surface area (Å²) in [6, 6.07) is 0. The van der Waals surface area contributed by atoms with Crippen LogP contribution < -0.4 is 5.73 Å². The van der Waals surface area contributed by atoms with Crippen molar-refractivity contribution >= 4 is 5.91 Å². The van der Waals surface area contributed by atoms with Gasteiger partial charge in [0.1, 0.15) is 0 Å². The zero-order valence-electron chi connectivity index (χ0n) is 11.7. The monoisotopic (exact) mass is 254 g/mol. The fraction of sp³-hybridized carbons (Fsp3) is 0.929. The van der Waals surface area contributed by atoms with E-state index in [0.29, 0.717) is 12.0 Å². The third kappa shape index (κ3) is 2.86. The van der Waals surface area contributed by atoms with E-state index in [0.717, 1.165) is 45.2 Å². The molecule has 1 saturated heterocycles. The van der Waals surface area contributed by atoms with E-state index in [1.165, 1.54) is 6.42 Å². The van der Waals surface area contributed by atoms with Crippen LogP contribution in [0.2, 0.25) is 0 Å². The number of hydrogen-bond donors (Lipinski definition) is 1. The van der Waals surface area contributed by atoms with Crippen LogP contribution in [-0.2, 0) is 9.53 Å². The first-order chi connectivity index (χ1) is 8.55. The van der Waals surface area contributed by atoms with E-state index >= 15 is 0 Å². The first kappa shape index (κ1) is 13.8. The molecule has 4 heteroatoms. The second-order valence-corrected chi connectivity index (χ2v) is 6.08. The number of rotatable bonds is 2. The molecule has 0 spiro atoms. The lowest BCUT2D eigenvalue weighted by molar-refractivity contribution is -0.141. The summed E-state index contributed by atoms with van der Waals surface area (Å²) in [7, 11) is 1.75. The maximum atomic E-state index is 12.6. The summed E-state index contributed by atoms with van der Waals surface area (Å²) < 4.78 is 5.34. The van der Waals surface area contributed by atoms with E-state index in [-0.39, 0.29) is 5.91 Å². The predicted octanol–water partition coefficient (Wildman–Crippen LogP) is 1.53. The lowest BCUT2D eigenvalue weighted by atomic mass is 9.76. The number of ether oxygens (including phenoxy) is 1. The zero-order chi connectivity index (χ0) is 13.2. The van der Waals surface area contributed by atoms with Crippen molar-refractivity contribution in [1.29, 1.82) is 0 Å². The topological polar surface area (TPSA) is 55.6 Å². The van der Waals surface area contributed by atoms with Gasteiger partial charge in [0, 0.05) is 20.2 Å². The van der Waals surface area contributed by atoms with Crippen LogP contribution in [-0.4, -0.2) is 42.6 Å². The quantitative estimate of drug-likeness (QED) is 0.813. The molecular formula is C14H26N2O2. The zero-order valence-corrected chi connectivity index (χ0v) is 11.7. The molecule has 1 heterocycles. The van der Waals surface area contributed by atoms with Gasteiger partial charge >= 0.3 is 0 Å². The van der Waals surface area contributed by atoms with Crippen molar-refractivity contribution in [3.8, 4) is 0 Å². The lowest BCUT2D eigenvalue weighted by Crippen LogP contribution is -2.58. The van der Waals surface area contributed by atoms with Gasteiger partial charge < -0.3 is 15.4 Å². The second-order valence-electron chi connectivity index (χ2n) is 6.08. The summed E-state index contributed by atoms with van der Waals surface area (Å²) in [6.45, 7) is 3.79. The maximum absolute atomic E-state index is 12.6. The molecule has 18 heavy (non-hydrogen) atoms. The van der Waals surface area contributed by atoms with Crippen LogP contribution in [0, 0.1) is 5.92 Å². The number of carbonyl (C=O) groups excluding carboxylic acids is 1. The third-order valence-electron chi connectivity index (χ3n) is 4.52. The number of likely N-dealkylation sites (tertiary alicyclic amines) is 1. The minimum Gasteiger partial charge on any atom is -0.381 e. The highest BCUT2D eigenvalue weighted by Gasteiger charge is 2.41. The molecular weight excluding hydrogens is 228 g/mol. The summed E-state index contributed by atoms with van der Waals surface area (Å²) in [5, 5.41) is 0. The van der Waals surface area contributed by atoms with Gasteiger partial charge in [-0.2, -0.15) is 0 Å². The van der Waals surface area contributed by atoms with Gasteiger partial charge in [0.25, 0.3) is 0 Å². The van der Waals surface area contributed by atoms with Crippen LogP contribution in [0.25, 0.3) is 0 Å². The summed E-state index contributed by atoms with van der Waals surface area (Å²) in [5.41, 5.74) is 5.77. The molecule has 2 atom stereocenters. The predicted molar refractivity (Wildman–Crippen MR) is 71.2 cm³/mol. The van der Waals surface area contributed by atoms with Gasteiger partial charge in [0.15, 0.2) is 0 Å². The number of carbonyl (C=O) groups is 1. The molecule has 1 saturated carbocycles. The van der Waals surface area contributed by atoms with Crippen molar-refractivity contribution in [1.82, 2.24) is 4.90 Å².